The highest BCUT2D eigenvalue weighted by Gasteiger charge is 2.30. The van der Waals surface area contributed by atoms with Crippen molar-refractivity contribution in [3.8, 4) is 0 Å². The lowest BCUT2D eigenvalue weighted by molar-refractivity contribution is 0.0424. The minimum Gasteiger partial charge on any atom is -0.390 e. The zero-order valence-electron chi connectivity index (χ0n) is 10.0. The zero-order valence-corrected chi connectivity index (χ0v) is 10.8. The fourth-order valence-corrected chi connectivity index (χ4v) is 2.43. The van der Waals surface area contributed by atoms with Crippen molar-refractivity contribution in [1.29, 1.82) is 0 Å². The predicted octanol–water partition coefficient (Wildman–Crippen LogP) is 2.55. The summed E-state index contributed by atoms with van der Waals surface area (Å²) in [5.74, 6) is 1.34. The highest BCUT2D eigenvalue weighted by molar-refractivity contribution is 6.32. The Balaban J connectivity index is 1.87. The van der Waals surface area contributed by atoms with Crippen LogP contribution in [0, 0.1) is 6.92 Å². The molecule has 1 aromatic heterocycles. The van der Waals surface area contributed by atoms with Gasteiger partial charge in [0.25, 0.3) is 0 Å². The Morgan fingerprint density at radius 2 is 2.18 bits per heavy atom. The fourth-order valence-electron chi connectivity index (χ4n) is 2.28. The highest BCUT2D eigenvalue weighted by Crippen LogP contribution is 2.32. The van der Waals surface area contributed by atoms with Crippen molar-refractivity contribution in [3.63, 3.8) is 0 Å². The summed E-state index contributed by atoms with van der Waals surface area (Å²) in [6, 6.07) is 0. The van der Waals surface area contributed by atoms with Gasteiger partial charge in [-0.2, -0.15) is 0 Å². The van der Waals surface area contributed by atoms with Crippen LogP contribution in [0.1, 0.15) is 37.9 Å². The SMILES string of the molecule is Cc1ncc(Cl)c(NCCC2(O)CCCC2)n1. The maximum Gasteiger partial charge on any atom is 0.148 e. The second-order valence-electron chi connectivity index (χ2n) is 4.72. The van der Waals surface area contributed by atoms with Crippen molar-refractivity contribution < 1.29 is 5.11 Å². The molecule has 1 aromatic rings. The molecule has 1 saturated carbocycles. The summed E-state index contributed by atoms with van der Waals surface area (Å²) in [5, 5.41) is 13.9. The monoisotopic (exact) mass is 255 g/mol. The molecular formula is C12H18ClN3O. The van der Waals surface area contributed by atoms with E-state index in [1.165, 1.54) is 0 Å². The Kier molecular flexibility index (Phi) is 3.84. The van der Waals surface area contributed by atoms with Gasteiger partial charge in [0.2, 0.25) is 0 Å². The first-order valence-electron chi connectivity index (χ1n) is 6.04. The lowest BCUT2D eigenvalue weighted by Gasteiger charge is -2.22. The molecular weight excluding hydrogens is 238 g/mol. The summed E-state index contributed by atoms with van der Waals surface area (Å²) in [5.41, 5.74) is -0.485. The lowest BCUT2D eigenvalue weighted by Crippen LogP contribution is -2.27. The average Bonchev–Trinajstić information content (AvgIpc) is 2.71. The second kappa shape index (κ2) is 5.19. The standard InChI is InChI=1S/C12H18ClN3O/c1-9-15-8-10(13)11(16-9)14-7-6-12(17)4-2-3-5-12/h8,17H,2-7H2,1H3,(H,14,15,16). The van der Waals surface area contributed by atoms with Gasteiger partial charge in [-0.3, -0.25) is 0 Å². The van der Waals surface area contributed by atoms with Crippen LogP contribution in [0.25, 0.3) is 0 Å². The molecule has 94 valence electrons. The number of rotatable bonds is 4. The molecule has 0 atom stereocenters. The van der Waals surface area contributed by atoms with Crippen molar-refractivity contribution >= 4 is 17.4 Å². The van der Waals surface area contributed by atoms with E-state index in [-0.39, 0.29) is 0 Å². The Bertz CT molecular complexity index is 391. The number of aromatic nitrogens is 2. The molecule has 1 aliphatic carbocycles. The lowest BCUT2D eigenvalue weighted by atomic mass is 9.98. The number of hydrogen-bond acceptors (Lipinski definition) is 4. The quantitative estimate of drug-likeness (QED) is 0.868. The molecule has 1 aliphatic rings. The van der Waals surface area contributed by atoms with Crippen molar-refractivity contribution in [2.75, 3.05) is 11.9 Å². The van der Waals surface area contributed by atoms with E-state index in [0.717, 1.165) is 32.1 Å². The van der Waals surface area contributed by atoms with Crippen LogP contribution in [0.3, 0.4) is 0 Å². The van der Waals surface area contributed by atoms with Gasteiger partial charge in [0.15, 0.2) is 0 Å². The van der Waals surface area contributed by atoms with E-state index in [0.29, 0.717) is 23.2 Å². The van der Waals surface area contributed by atoms with Crippen LogP contribution in [0.2, 0.25) is 5.02 Å². The first-order valence-corrected chi connectivity index (χ1v) is 6.42. The van der Waals surface area contributed by atoms with Gasteiger partial charge in [0, 0.05) is 6.54 Å². The number of aliphatic hydroxyl groups is 1. The topological polar surface area (TPSA) is 58.0 Å². The van der Waals surface area contributed by atoms with Crippen LogP contribution in [-0.2, 0) is 0 Å². The van der Waals surface area contributed by atoms with E-state index >= 15 is 0 Å². The molecule has 5 heteroatoms. The molecule has 0 bridgehead atoms. The molecule has 1 heterocycles. The van der Waals surface area contributed by atoms with Crippen LogP contribution < -0.4 is 5.32 Å². The Hall–Kier alpha value is -0.870. The van der Waals surface area contributed by atoms with Crippen molar-refractivity contribution in [2.45, 2.75) is 44.6 Å². The molecule has 0 radical (unpaired) electrons. The maximum atomic E-state index is 10.2. The number of anilines is 1. The molecule has 0 unspecified atom stereocenters. The van der Waals surface area contributed by atoms with Crippen LogP contribution >= 0.6 is 11.6 Å². The van der Waals surface area contributed by atoms with E-state index in [4.69, 9.17) is 11.6 Å². The van der Waals surface area contributed by atoms with Gasteiger partial charge in [0.05, 0.1) is 11.8 Å². The normalized spacial score (nSPS) is 18.3. The molecule has 0 aromatic carbocycles. The van der Waals surface area contributed by atoms with E-state index in [1.807, 2.05) is 6.92 Å². The third-order valence-corrected chi connectivity index (χ3v) is 3.56. The van der Waals surface area contributed by atoms with E-state index in [1.54, 1.807) is 6.20 Å². The Morgan fingerprint density at radius 1 is 1.47 bits per heavy atom. The van der Waals surface area contributed by atoms with Gasteiger partial charge in [-0.05, 0) is 26.2 Å². The summed E-state index contributed by atoms with van der Waals surface area (Å²) in [6.45, 7) is 2.51. The smallest absolute Gasteiger partial charge is 0.148 e. The molecule has 2 rings (SSSR count). The molecule has 0 aliphatic heterocycles. The zero-order chi connectivity index (χ0) is 12.3. The largest absolute Gasteiger partial charge is 0.390 e. The number of halogens is 1. The van der Waals surface area contributed by atoms with Crippen molar-refractivity contribution in [1.82, 2.24) is 9.97 Å². The third kappa shape index (κ3) is 3.30. The van der Waals surface area contributed by atoms with E-state index in [9.17, 15) is 5.11 Å². The Morgan fingerprint density at radius 3 is 2.88 bits per heavy atom. The molecule has 17 heavy (non-hydrogen) atoms. The van der Waals surface area contributed by atoms with Crippen molar-refractivity contribution in [2.24, 2.45) is 0 Å². The molecule has 2 N–H and O–H groups in total. The molecule has 0 saturated heterocycles. The van der Waals surface area contributed by atoms with Gasteiger partial charge in [-0.1, -0.05) is 24.4 Å². The summed E-state index contributed by atoms with van der Waals surface area (Å²) in [6.07, 6.45) is 6.41. The molecule has 1 fully saturated rings. The van der Waals surface area contributed by atoms with Crippen LogP contribution in [0.5, 0.6) is 0 Å². The number of nitrogens with one attached hydrogen (secondary N) is 1. The minimum atomic E-state index is -0.485. The predicted molar refractivity (Wildman–Crippen MR) is 68.3 cm³/mol. The molecule has 0 amide bonds. The summed E-state index contributed by atoms with van der Waals surface area (Å²) in [7, 11) is 0. The summed E-state index contributed by atoms with van der Waals surface area (Å²) in [4.78, 5) is 8.23. The fraction of sp³-hybridized carbons (Fsp3) is 0.667. The first-order chi connectivity index (χ1) is 8.09. The summed E-state index contributed by atoms with van der Waals surface area (Å²) < 4.78 is 0. The van der Waals surface area contributed by atoms with E-state index < -0.39 is 5.60 Å². The van der Waals surface area contributed by atoms with Crippen LogP contribution in [0.4, 0.5) is 5.82 Å². The number of aryl methyl sites for hydroxylation is 1. The van der Waals surface area contributed by atoms with Gasteiger partial charge in [-0.25, -0.2) is 9.97 Å². The second-order valence-corrected chi connectivity index (χ2v) is 5.13. The minimum absolute atomic E-state index is 0.485. The highest BCUT2D eigenvalue weighted by atomic mass is 35.5. The molecule has 0 spiro atoms. The van der Waals surface area contributed by atoms with Gasteiger partial charge < -0.3 is 10.4 Å². The first kappa shape index (κ1) is 12.6. The average molecular weight is 256 g/mol. The molecule has 4 nitrogen and oxygen atoms in total. The van der Waals surface area contributed by atoms with Crippen LogP contribution in [-0.4, -0.2) is 27.2 Å². The number of nitrogens with zero attached hydrogens (tertiary/aromatic N) is 2. The summed E-state index contributed by atoms with van der Waals surface area (Å²) >= 11 is 5.98. The maximum absolute atomic E-state index is 10.2. The van der Waals surface area contributed by atoms with Gasteiger partial charge in [0.1, 0.15) is 16.7 Å². The third-order valence-electron chi connectivity index (χ3n) is 3.28. The van der Waals surface area contributed by atoms with Crippen molar-refractivity contribution in [3.05, 3.63) is 17.0 Å². The van der Waals surface area contributed by atoms with E-state index in [2.05, 4.69) is 15.3 Å². The Labute approximate surface area is 106 Å². The van der Waals surface area contributed by atoms with Crippen LogP contribution in [0.15, 0.2) is 6.20 Å². The van der Waals surface area contributed by atoms with Gasteiger partial charge in [-0.15, -0.1) is 0 Å². The number of hydrogen-bond donors (Lipinski definition) is 2. The van der Waals surface area contributed by atoms with Gasteiger partial charge >= 0.3 is 0 Å².